The Bertz CT molecular complexity index is 677. The van der Waals surface area contributed by atoms with E-state index in [0.29, 0.717) is 12.3 Å². The first-order valence-corrected chi connectivity index (χ1v) is 9.46. The van der Waals surface area contributed by atoms with Gasteiger partial charge in [0, 0.05) is 56.9 Å². The van der Waals surface area contributed by atoms with Gasteiger partial charge in [-0.05, 0) is 56.0 Å². The number of rotatable bonds is 7. The lowest BCUT2D eigenvalue weighted by Crippen LogP contribution is -2.41. The molecule has 138 valence electrons. The van der Waals surface area contributed by atoms with Crippen LogP contribution in [0.1, 0.15) is 30.5 Å². The second-order valence-corrected chi connectivity index (χ2v) is 7.22. The second kappa shape index (κ2) is 9.43. The first-order valence-electron chi connectivity index (χ1n) is 9.46. The van der Waals surface area contributed by atoms with Crippen molar-refractivity contribution < 1.29 is 4.79 Å². The number of carbonyl (C=O) groups excluding carboxylic acids is 1. The van der Waals surface area contributed by atoms with Crippen molar-refractivity contribution in [3.63, 3.8) is 0 Å². The summed E-state index contributed by atoms with van der Waals surface area (Å²) >= 11 is 0. The Kier molecular flexibility index (Phi) is 6.72. The van der Waals surface area contributed by atoms with E-state index in [1.54, 1.807) is 6.20 Å². The minimum absolute atomic E-state index is 0.272. The Morgan fingerprint density at radius 1 is 1.27 bits per heavy atom. The molecule has 3 rings (SSSR count). The van der Waals surface area contributed by atoms with Crippen LogP contribution in [0.5, 0.6) is 0 Å². The third-order valence-electron chi connectivity index (χ3n) is 4.98. The number of carbonyl (C=O) groups is 1. The SMILES string of the molecule is CN(CCC(=O)N1CCC[C@H](Cc2ccccn2)C1)Cc1cccnc1. The standard InChI is InChI=1S/C21H28N4O/c1-24(16-19-6-4-10-22-15-19)13-9-21(26)25-12-5-7-18(17-25)14-20-8-2-3-11-23-20/h2-4,6,8,10-11,15,18H,5,7,9,12-14,16-17H2,1H3/t18-/m1/s1. The lowest BCUT2D eigenvalue weighted by Gasteiger charge is -2.33. The summed E-state index contributed by atoms with van der Waals surface area (Å²) in [5, 5.41) is 0. The molecule has 26 heavy (non-hydrogen) atoms. The van der Waals surface area contributed by atoms with Crippen LogP contribution in [-0.2, 0) is 17.8 Å². The largest absolute Gasteiger partial charge is 0.342 e. The van der Waals surface area contributed by atoms with E-state index in [2.05, 4.69) is 38.9 Å². The average Bonchev–Trinajstić information content (AvgIpc) is 2.68. The van der Waals surface area contributed by atoms with E-state index >= 15 is 0 Å². The Morgan fingerprint density at radius 2 is 2.19 bits per heavy atom. The van der Waals surface area contributed by atoms with Crippen molar-refractivity contribution in [2.75, 3.05) is 26.7 Å². The normalized spacial score (nSPS) is 17.5. The zero-order valence-electron chi connectivity index (χ0n) is 15.6. The Balaban J connectivity index is 1.43. The molecule has 0 unspecified atom stereocenters. The van der Waals surface area contributed by atoms with Crippen molar-refractivity contribution in [2.24, 2.45) is 5.92 Å². The van der Waals surface area contributed by atoms with Crippen LogP contribution in [0.4, 0.5) is 0 Å². The molecule has 0 radical (unpaired) electrons. The smallest absolute Gasteiger partial charge is 0.223 e. The zero-order chi connectivity index (χ0) is 18.2. The molecule has 1 saturated heterocycles. The van der Waals surface area contributed by atoms with E-state index in [4.69, 9.17) is 0 Å². The molecule has 0 saturated carbocycles. The van der Waals surface area contributed by atoms with Crippen LogP contribution in [0.3, 0.4) is 0 Å². The van der Waals surface area contributed by atoms with Crippen LogP contribution in [0.25, 0.3) is 0 Å². The van der Waals surface area contributed by atoms with Crippen molar-refractivity contribution >= 4 is 5.91 Å². The number of piperidine rings is 1. The topological polar surface area (TPSA) is 49.3 Å². The third-order valence-corrected chi connectivity index (χ3v) is 4.98. The van der Waals surface area contributed by atoms with E-state index in [0.717, 1.165) is 44.7 Å². The number of hydrogen-bond donors (Lipinski definition) is 0. The molecule has 1 amide bonds. The van der Waals surface area contributed by atoms with Gasteiger partial charge in [-0.2, -0.15) is 0 Å². The van der Waals surface area contributed by atoms with E-state index in [-0.39, 0.29) is 5.91 Å². The van der Waals surface area contributed by atoms with Crippen LogP contribution < -0.4 is 0 Å². The summed E-state index contributed by atoms with van der Waals surface area (Å²) in [6.07, 6.45) is 9.32. The summed E-state index contributed by atoms with van der Waals surface area (Å²) in [5.41, 5.74) is 2.30. The van der Waals surface area contributed by atoms with Gasteiger partial charge in [0.1, 0.15) is 0 Å². The van der Waals surface area contributed by atoms with Crippen LogP contribution in [0, 0.1) is 5.92 Å². The van der Waals surface area contributed by atoms with Crippen molar-refractivity contribution in [2.45, 2.75) is 32.2 Å². The second-order valence-electron chi connectivity index (χ2n) is 7.22. The fraction of sp³-hybridized carbons (Fsp3) is 0.476. The quantitative estimate of drug-likeness (QED) is 0.769. The van der Waals surface area contributed by atoms with Gasteiger partial charge in [0.15, 0.2) is 0 Å². The molecular formula is C21H28N4O. The van der Waals surface area contributed by atoms with Crippen LogP contribution >= 0.6 is 0 Å². The lowest BCUT2D eigenvalue weighted by atomic mass is 9.93. The average molecular weight is 352 g/mol. The first kappa shape index (κ1) is 18.5. The lowest BCUT2D eigenvalue weighted by molar-refractivity contribution is -0.133. The van der Waals surface area contributed by atoms with Gasteiger partial charge in [-0.25, -0.2) is 0 Å². The fourth-order valence-electron chi connectivity index (χ4n) is 3.60. The molecule has 3 heterocycles. The van der Waals surface area contributed by atoms with E-state index in [9.17, 15) is 4.79 Å². The maximum Gasteiger partial charge on any atom is 0.223 e. The molecule has 0 bridgehead atoms. The molecular weight excluding hydrogens is 324 g/mol. The Labute approximate surface area is 156 Å². The van der Waals surface area contributed by atoms with E-state index in [1.165, 1.54) is 12.0 Å². The van der Waals surface area contributed by atoms with Gasteiger partial charge in [-0.1, -0.05) is 12.1 Å². The van der Waals surface area contributed by atoms with Gasteiger partial charge in [0.05, 0.1) is 0 Å². The monoisotopic (exact) mass is 352 g/mol. The highest BCUT2D eigenvalue weighted by Crippen LogP contribution is 2.20. The summed E-state index contributed by atoms with van der Waals surface area (Å²) in [7, 11) is 2.06. The Hall–Kier alpha value is -2.27. The molecule has 0 spiro atoms. The molecule has 1 atom stereocenters. The predicted octanol–water partition coefficient (Wildman–Crippen LogP) is 2.78. The van der Waals surface area contributed by atoms with Crippen molar-refractivity contribution in [3.05, 3.63) is 60.2 Å². The summed E-state index contributed by atoms with van der Waals surface area (Å²) in [6, 6.07) is 10.1. The van der Waals surface area contributed by atoms with Gasteiger partial charge in [-0.3, -0.25) is 14.8 Å². The molecule has 5 nitrogen and oxygen atoms in total. The molecule has 2 aromatic heterocycles. The summed E-state index contributed by atoms with van der Waals surface area (Å²) < 4.78 is 0. The number of likely N-dealkylation sites (tertiary alicyclic amines) is 1. The van der Waals surface area contributed by atoms with E-state index < -0.39 is 0 Å². The van der Waals surface area contributed by atoms with Crippen molar-refractivity contribution in [3.8, 4) is 0 Å². The molecule has 1 aliphatic rings. The zero-order valence-corrected chi connectivity index (χ0v) is 15.6. The third kappa shape index (κ3) is 5.63. The number of hydrogen-bond acceptors (Lipinski definition) is 4. The van der Waals surface area contributed by atoms with Crippen molar-refractivity contribution in [1.82, 2.24) is 19.8 Å². The van der Waals surface area contributed by atoms with Gasteiger partial charge in [0.25, 0.3) is 0 Å². The van der Waals surface area contributed by atoms with Crippen molar-refractivity contribution in [1.29, 1.82) is 0 Å². The number of nitrogens with zero attached hydrogens (tertiary/aromatic N) is 4. The van der Waals surface area contributed by atoms with E-state index in [1.807, 2.05) is 30.6 Å². The maximum absolute atomic E-state index is 12.6. The summed E-state index contributed by atoms with van der Waals surface area (Å²) in [6.45, 7) is 3.35. The molecule has 2 aromatic rings. The highest BCUT2D eigenvalue weighted by atomic mass is 16.2. The van der Waals surface area contributed by atoms with Gasteiger partial charge in [-0.15, -0.1) is 0 Å². The number of aromatic nitrogens is 2. The van der Waals surface area contributed by atoms with Gasteiger partial charge >= 0.3 is 0 Å². The highest BCUT2D eigenvalue weighted by molar-refractivity contribution is 5.76. The number of amides is 1. The van der Waals surface area contributed by atoms with Crippen LogP contribution in [-0.4, -0.2) is 52.4 Å². The highest BCUT2D eigenvalue weighted by Gasteiger charge is 2.24. The summed E-state index contributed by atoms with van der Waals surface area (Å²) in [5.74, 6) is 0.796. The van der Waals surface area contributed by atoms with Gasteiger partial charge < -0.3 is 9.80 Å². The van der Waals surface area contributed by atoms with Crippen LogP contribution in [0.15, 0.2) is 48.9 Å². The molecule has 0 N–H and O–H groups in total. The minimum Gasteiger partial charge on any atom is -0.342 e. The molecule has 1 aliphatic heterocycles. The predicted molar refractivity (Wildman–Crippen MR) is 102 cm³/mol. The first-order chi connectivity index (χ1) is 12.7. The van der Waals surface area contributed by atoms with Gasteiger partial charge in [0.2, 0.25) is 5.91 Å². The Morgan fingerprint density at radius 3 is 2.96 bits per heavy atom. The molecule has 0 aromatic carbocycles. The van der Waals surface area contributed by atoms with Crippen LogP contribution in [0.2, 0.25) is 0 Å². The molecule has 0 aliphatic carbocycles. The molecule has 1 fully saturated rings. The summed E-state index contributed by atoms with van der Waals surface area (Å²) in [4.78, 5) is 25.4. The minimum atomic E-state index is 0.272. The molecule has 5 heteroatoms. The fourth-order valence-corrected chi connectivity index (χ4v) is 3.60. The maximum atomic E-state index is 12.6. The number of pyridine rings is 2.